The maximum absolute atomic E-state index is 13.4. The van der Waals surface area contributed by atoms with Crippen LogP contribution in [0.1, 0.15) is 29.0 Å². The van der Waals surface area contributed by atoms with E-state index in [0.29, 0.717) is 11.8 Å². The Bertz CT molecular complexity index is 643. The third-order valence-corrected chi connectivity index (χ3v) is 4.92. The smallest absolute Gasteiger partial charge is 0.123 e. The molecule has 1 aliphatic carbocycles. The van der Waals surface area contributed by atoms with Crippen LogP contribution in [0, 0.1) is 11.7 Å². The molecule has 1 saturated heterocycles. The number of fused-ring (bicyclic) bond motifs is 4. The second kappa shape index (κ2) is 6.39. The Morgan fingerprint density at radius 1 is 1.05 bits per heavy atom. The van der Waals surface area contributed by atoms with Crippen molar-refractivity contribution >= 4 is 12.4 Å². The van der Waals surface area contributed by atoms with Gasteiger partial charge in [-0.15, -0.1) is 12.4 Å². The van der Waals surface area contributed by atoms with Crippen LogP contribution in [0.5, 0.6) is 0 Å². The predicted molar refractivity (Wildman–Crippen MR) is 89.9 cm³/mol. The molecular formula is C19H21ClFN. The van der Waals surface area contributed by atoms with Gasteiger partial charge in [-0.1, -0.05) is 36.4 Å². The lowest BCUT2D eigenvalue weighted by Crippen LogP contribution is -2.42. The first-order valence-electron chi connectivity index (χ1n) is 7.82. The monoisotopic (exact) mass is 317 g/mol. The fourth-order valence-electron chi connectivity index (χ4n) is 4.11. The SMILES string of the molecule is Cl.Fc1ccc2c(c1)CC1CC2CN(Cc2ccccc2)C1. The van der Waals surface area contributed by atoms with Crippen molar-refractivity contribution in [3.05, 3.63) is 71.0 Å². The molecule has 0 N–H and O–H groups in total. The van der Waals surface area contributed by atoms with Gasteiger partial charge in [-0.2, -0.15) is 0 Å². The van der Waals surface area contributed by atoms with E-state index in [1.807, 2.05) is 6.07 Å². The van der Waals surface area contributed by atoms with E-state index in [9.17, 15) is 4.39 Å². The number of piperidine rings is 1. The lowest BCUT2D eigenvalue weighted by molar-refractivity contribution is 0.138. The Morgan fingerprint density at radius 3 is 2.68 bits per heavy atom. The molecule has 116 valence electrons. The van der Waals surface area contributed by atoms with Crippen molar-refractivity contribution < 1.29 is 4.39 Å². The van der Waals surface area contributed by atoms with Gasteiger partial charge >= 0.3 is 0 Å². The predicted octanol–water partition coefficient (Wildman–Crippen LogP) is 4.41. The number of likely N-dealkylation sites (tertiary alicyclic amines) is 1. The van der Waals surface area contributed by atoms with Crippen LogP contribution in [0.4, 0.5) is 4.39 Å². The zero-order chi connectivity index (χ0) is 14.2. The Morgan fingerprint density at radius 2 is 1.86 bits per heavy atom. The van der Waals surface area contributed by atoms with Crippen LogP contribution in [0.25, 0.3) is 0 Å². The van der Waals surface area contributed by atoms with E-state index in [1.54, 1.807) is 12.1 Å². The molecule has 2 aromatic carbocycles. The van der Waals surface area contributed by atoms with Crippen molar-refractivity contribution in [3.63, 3.8) is 0 Å². The van der Waals surface area contributed by atoms with E-state index >= 15 is 0 Å². The number of nitrogens with zero attached hydrogens (tertiary/aromatic N) is 1. The van der Waals surface area contributed by atoms with E-state index < -0.39 is 0 Å². The highest BCUT2D eigenvalue weighted by atomic mass is 35.5. The highest BCUT2D eigenvalue weighted by Gasteiger charge is 2.33. The van der Waals surface area contributed by atoms with Crippen molar-refractivity contribution in [3.8, 4) is 0 Å². The highest BCUT2D eigenvalue weighted by Crippen LogP contribution is 2.39. The summed E-state index contributed by atoms with van der Waals surface area (Å²) in [6.07, 6.45) is 2.30. The first-order chi connectivity index (χ1) is 10.3. The molecule has 1 nitrogen and oxygen atoms in total. The lowest BCUT2D eigenvalue weighted by atomic mass is 9.74. The average molecular weight is 318 g/mol. The van der Waals surface area contributed by atoms with Crippen LogP contribution in [0.15, 0.2) is 48.5 Å². The zero-order valence-corrected chi connectivity index (χ0v) is 13.4. The molecule has 0 aromatic heterocycles. The third kappa shape index (κ3) is 3.04. The Balaban J connectivity index is 0.00000144. The molecule has 0 saturated carbocycles. The van der Waals surface area contributed by atoms with Gasteiger partial charge in [0.1, 0.15) is 5.82 Å². The van der Waals surface area contributed by atoms with Crippen molar-refractivity contribution in [1.29, 1.82) is 0 Å². The van der Waals surface area contributed by atoms with E-state index in [1.165, 1.54) is 23.1 Å². The summed E-state index contributed by atoms with van der Waals surface area (Å²) in [5, 5.41) is 0. The van der Waals surface area contributed by atoms with Crippen LogP contribution in [0.2, 0.25) is 0 Å². The third-order valence-electron chi connectivity index (χ3n) is 4.92. The van der Waals surface area contributed by atoms with Gasteiger partial charge in [-0.3, -0.25) is 4.90 Å². The minimum absolute atomic E-state index is 0. The fourth-order valence-corrected chi connectivity index (χ4v) is 4.11. The van der Waals surface area contributed by atoms with Crippen LogP contribution >= 0.6 is 12.4 Å². The van der Waals surface area contributed by atoms with Gasteiger partial charge in [0.05, 0.1) is 0 Å². The Labute approximate surface area is 137 Å². The van der Waals surface area contributed by atoms with Crippen LogP contribution in [0.3, 0.4) is 0 Å². The molecule has 2 aliphatic rings. The zero-order valence-electron chi connectivity index (χ0n) is 12.5. The highest BCUT2D eigenvalue weighted by molar-refractivity contribution is 5.85. The van der Waals surface area contributed by atoms with Crippen molar-refractivity contribution in [2.45, 2.75) is 25.3 Å². The maximum atomic E-state index is 13.4. The van der Waals surface area contributed by atoms with Gasteiger partial charge in [-0.25, -0.2) is 4.39 Å². The molecule has 2 atom stereocenters. The summed E-state index contributed by atoms with van der Waals surface area (Å²) in [4.78, 5) is 2.57. The number of rotatable bonds is 2. The summed E-state index contributed by atoms with van der Waals surface area (Å²) in [6.45, 7) is 3.27. The standard InChI is InChI=1S/C19H20FN.ClH/c20-18-6-7-19-16(10-18)8-15-9-17(19)13-21(12-15)11-14-4-2-1-3-5-14;/h1-7,10,15,17H,8-9,11-13H2;1H. The second-order valence-corrected chi connectivity index (χ2v) is 6.53. The van der Waals surface area contributed by atoms with E-state index in [0.717, 1.165) is 26.1 Å². The van der Waals surface area contributed by atoms with E-state index in [2.05, 4.69) is 35.2 Å². The number of halogens is 2. The molecule has 22 heavy (non-hydrogen) atoms. The average Bonchev–Trinajstić information content (AvgIpc) is 2.47. The Kier molecular flexibility index (Phi) is 4.51. The van der Waals surface area contributed by atoms with Gasteiger partial charge in [0.15, 0.2) is 0 Å². The molecule has 1 heterocycles. The minimum atomic E-state index is -0.0881. The van der Waals surface area contributed by atoms with E-state index in [4.69, 9.17) is 0 Å². The van der Waals surface area contributed by atoms with Gasteiger partial charge in [0.25, 0.3) is 0 Å². The fraction of sp³-hybridized carbons (Fsp3) is 0.368. The number of benzene rings is 2. The van der Waals surface area contributed by atoms with Crippen LogP contribution < -0.4 is 0 Å². The lowest BCUT2D eigenvalue weighted by Gasteiger charge is -2.42. The summed E-state index contributed by atoms with van der Waals surface area (Å²) >= 11 is 0. The van der Waals surface area contributed by atoms with Gasteiger partial charge in [0.2, 0.25) is 0 Å². The number of hydrogen-bond donors (Lipinski definition) is 0. The molecule has 1 fully saturated rings. The van der Waals surface area contributed by atoms with E-state index in [-0.39, 0.29) is 18.2 Å². The quantitative estimate of drug-likeness (QED) is 0.793. The molecule has 0 amide bonds. The summed E-state index contributed by atoms with van der Waals surface area (Å²) in [6, 6.07) is 16.1. The van der Waals surface area contributed by atoms with Gasteiger partial charge in [0, 0.05) is 19.6 Å². The molecule has 2 unspecified atom stereocenters. The molecule has 2 aromatic rings. The van der Waals surface area contributed by atoms with Crippen LogP contribution in [-0.4, -0.2) is 18.0 Å². The van der Waals surface area contributed by atoms with Gasteiger partial charge in [-0.05, 0) is 53.5 Å². The summed E-state index contributed by atoms with van der Waals surface area (Å²) in [5.74, 6) is 1.17. The summed E-state index contributed by atoms with van der Waals surface area (Å²) in [7, 11) is 0. The molecule has 4 rings (SSSR count). The Hall–Kier alpha value is -1.38. The van der Waals surface area contributed by atoms with Crippen LogP contribution in [-0.2, 0) is 13.0 Å². The first kappa shape index (κ1) is 15.5. The molecule has 0 radical (unpaired) electrons. The topological polar surface area (TPSA) is 3.24 Å². The second-order valence-electron chi connectivity index (χ2n) is 6.53. The summed E-state index contributed by atoms with van der Waals surface area (Å²) < 4.78 is 13.4. The number of hydrogen-bond acceptors (Lipinski definition) is 1. The van der Waals surface area contributed by atoms with Crippen molar-refractivity contribution in [1.82, 2.24) is 4.90 Å². The first-order valence-corrected chi connectivity index (χ1v) is 7.82. The normalized spacial score (nSPS) is 23.5. The van der Waals surface area contributed by atoms with Crippen molar-refractivity contribution in [2.75, 3.05) is 13.1 Å². The molecular weight excluding hydrogens is 297 g/mol. The molecule has 3 heteroatoms. The molecule has 1 aliphatic heterocycles. The summed E-state index contributed by atoms with van der Waals surface area (Å²) in [5.41, 5.74) is 4.01. The largest absolute Gasteiger partial charge is 0.298 e. The maximum Gasteiger partial charge on any atom is 0.123 e. The molecule has 0 spiro atoms. The minimum Gasteiger partial charge on any atom is -0.298 e. The molecule has 2 bridgehead atoms. The van der Waals surface area contributed by atoms with Crippen molar-refractivity contribution in [2.24, 2.45) is 5.92 Å². The van der Waals surface area contributed by atoms with Gasteiger partial charge < -0.3 is 0 Å².